The van der Waals surface area contributed by atoms with E-state index in [1.54, 1.807) is 0 Å². The molecule has 2 N–H and O–H groups in total. The molecule has 0 radical (unpaired) electrons. The SMILES string of the molecule is CCc1ccccc1-c1ccccc1.O=C(O)O. The van der Waals surface area contributed by atoms with Crippen LogP contribution in [0.25, 0.3) is 11.1 Å². The van der Waals surface area contributed by atoms with Crippen LogP contribution in [0.15, 0.2) is 54.6 Å². The molecule has 2 aromatic carbocycles. The average Bonchev–Trinajstić information content (AvgIpc) is 2.39. The van der Waals surface area contributed by atoms with Crippen molar-refractivity contribution in [2.45, 2.75) is 13.3 Å². The molecule has 0 aliphatic carbocycles. The first-order valence-corrected chi connectivity index (χ1v) is 5.70. The summed E-state index contributed by atoms with van der Waals surface area (Å²) in [5.41, 5.74) is 4.08. The molecule has 18 heavy (non-hydrogen) atoms. The largest absolute Gasteiger partial charge is 0.503 e. The van der Waals surface area contributed by atoms with Gasteiger partial charge in [0.05, 0.1) is 0 Å². The van der Waals surface area contributed by atoms with E-state index in [-0.39, 0.29) is 0 Å². The van der Waals surface area contributed by atoms with Crippen LogP contribution in [-0.2, 0) is 6.42 Å². The van der Waals surface area contributed by atoms with E-state index in [1.165, 1.54) is 16.7 Å². The van der Waals surface area contributed by atoms with Gasteiger partial charge in [-0.25, -0.2) is 4.79 Å². The van der Waals surface area contributed by atoms with E-state index in [0.717, 1.165) is 6.42 Å². The monoisotopic (exact) mass is 244 g/mol. The molecule has 0 atom stereocenters. The predicted molar refractivity (Wildman–Crippen MR) is 71.9 cm³/mol. The second-order valence-electron chi connectivity index (χ2n) is 3.66. The lowest BCUT2D eigenvalue weighted by atomic mass is 9.98. The lowest BCUT2D eigenvalue weighted by molar-refractivity contribution is 0.137. The minimum Gasteiger partial charge on any atom is -0.450 e. The number of carbonyl (C=O) groups is 1. The summed E-state index contributed by atoms with van der Waals surface area (Å²) in [6.07, 6.45) is -0.745. The molecule has 0 aliphatic heterocycles. The Morgan fingerprint density at radius 3 is 2.00 bits per heavy atom. The molecule has 3 heteroatoms. The third kappa shape index (κ3) is 4.29. The maximum atomic E-state index is 8.56. The number of hydrogen-bond donors (Lipinski definition) is 2. The second kappa shape index (κ2) is 7.12. The fourth-order valence-electron chi connectivity index (χ4n) is 1.73. The van der Waals surface area contributed by atoms with E-state index in [1.807, 2.05) is 0 Å². The smallest absolute Gasteiger partial charge is 0.450 e. The highest BCUT2D eigenvalue weighted by Crippen LogP contribution is 2.23. The minimum absolute atomic E-state index is 1.09. The summed E-state index contributed by atoms with van der Waals surface area (Å²) >= 11 is 0. The molecule has 0 amide bonds. The number of aryl methyl sites for hydroxylation is 1. The van der Waals surface area contributed by atoms with Gasteiger partial charge in [-0.15, -0.1) is 0 Å². The van der Waals surface area contributed by atoms with Gasteiger partial charge in [-0.05, 0) is 23.1 Å². The van der Waals surface area contributed by atoms with Crippen molar-refractivity contribution in [2.24, 2.45) is 0 Å². The van der Waals surface area contributed by atoms with Crippen LogP contribution in [0.2, 0.25) is 0 Å². The molecule has 94 valence electrons. The summed E-state index contributed by atoms with van der Waals surface area (Å²) in [7, 11) is 0. The van der Waals surface area contributed by atoms with Crippen molar-refractivity contribution in [1.29, 1.82) is 0 Å². The highest BCUT2D eigenvalue weighted by atomic mass is 16.6. The quantitative estimate of drug-likeness (QED) is 0.834. The summed E-state index contributed by atoms with van der Waals surface area (Å²) in [5, 5.41) is 13.9. The number of hydrogen-bond acceptors (Lipinski definition) is 1. The molecule has 0 spiro atoms. The Bertz CT molecular complexity index is 488. The Morgan fingerprint density at radius 2 is 1.44 bits per heavy atom. The van der Waals surface area contributed by atoms with Gasteiger partial charge in [0.2, 0.25) is 0 Å². The number of benzene rings is 2. The zero-order valence-corrected chi connectivity index (χ0v) is 10.2. The Kier molecular flexibility index (Phi) is 5.45. The molecule has 2 rings (SSSR count). The van der Waals surface area contributed by atoms with Gasteiger partial charge < -0.3 is 10.2 Å². The van der Waals surface area contributed by atoms with E-state index < -0.39 is 6.16 Å². The van der Waals surface area contributed by atoms with Crippen molar-refractivity contribution >= 4 is 6.16 Å². The average molecular weight is 244 g/mol. The third-order valence-corrected chi connectivity index (χ3v) is 2.48. The van der Waals surface area contributed by atoms with Crippen LogP contribution in [0, 0.1) is 0 Å². The standard InChI is InChI=1S/C14H14.CH2O3/c1-2-12-8-6-7-11-14(12)13-9-4-3-5-10-13;2-1(3)4/h3-11H,2H2,1H3;(H2,2,3,4). The van der Waals surface area contributed by atoms with Crippen molar-refractivity contribution in [3.8, 4) is 11.1 Å². The lowest BCUT2D eigenvalue weighted by Gasteiger charge is -2.06. The molecule has 0 aliphatic rings. The van der Waals surface area contributed by atoms with Crippen molar-refractivity contribution in [3.05, 3.63) is 60.2 Å². The van der Waals surface area contributed by atoms with E-state index in [9.17, 15) is 0 Å². The van der Waals surface area contributed by atoms with Crippen molar-refractivity contribution in [2.75, 3.05) is 0 Å². The maximum Gasteiger partial charge on any atom is 0.503 e. The van der Waals surface area contributed by atoms with Gasteiger partial charge in [0.15, 0.2) is 0 Å². The first-order chi connectivity index (χ1) is 8.65. The normalized spacial score (nSPS) is 9.17. The first kappa shape index (κ1) is 13.8. The van der Waals surface area contributed by atoms with Gasteiger partial charge >= 0.3 is 6.16 Å². The second-order valence-corrected chi connectivity index (χ2v) is 3.66. The van der Waals surface area contributed by atoms with Crippen LogP contribution in [0.4, 0.5) is 4.79 Å². The topological polar surface area (TPSA) is 57.5 Å². The molecule has 0 saturated carbocycles. The predicted octanol–water partition coefficient (Wildman–Crippen LogP) is 4.14. The zero-order valence-electron chi connectivity index (χ0n) is 10.2. The molecule has 0 aromatic heterocycles. The Labute approximate surface area is 106 Å². The molecular weight excluding hydrogens is 228 g/mol. The molecule has 0 fully saturated rings. The van der Waals surface area contributed by atoms with E-state index in [0.29, 0.717) is 0 Å². The number of rotatable bonds is 2. The molecule has 0 heterocycles. The van der Waals surface area contributed by atoms with Crippen LogP contribution >= 0.6 is 0 Å². The molecule has 0 bridgehead atoms. The van der Waals surface area contributed by atoms with Gasteiger partial charge in [0.25, 0.3) is 0 Å². The molecule has 2 aromatic rings. The fraction of sp³-hybridized carbons (Fsp3) is 0.133. The van der Waals surface area contributed by atoms with E-state index in [2.05, 4.69) is 61.5 Å². The maximum absolute atomic E-state index is 8.56. The highest BCUT2D eigenvalue weighted by Gasteiger charge is 2.00. The highest BCUT2D eigenvalue weighted by molar-refractivity contribution is 5.67. The third-order valence-electron chi connectivity index (χ3n) is 2.48. The van der Waals surface area contributed by atoms with Crippen LogP contribution in [0.1, 0.15) is 12.5 Å². The first-order valence-electron chi connectivity index (χ1n) is 5.70. The summed E-state index contributed by atoms with van der Waals surface area (Å²) in [4.78, 5) is 8.56. The van der Waals surface area contributed by atoms with Crippen molar-refractivity contribution in [1.82, 2.24) is 0 Å². The molecule has 3 nitrogen and oxygen atoms in total. The lowest BCUT2D eigenvalue weighted by Crippen LogP contribution is -1.85. The van der Waals surface area contributed by atoms with Gasteiger partial charge in [-0.2, -0.15) is 0 Å². The molecular formula is C15H16O3. The Morgan fingerprint density at radius 1 is 0.944 bits per heavy atom. The molecule has 0 unspecified atom stereocenters. The van der Waals surface area contributed by atoms with Crippen molar-refractivity contribution < 1.29 is 15.0 Å². The van der Waals surface area contributed by atoms with E-state index in [4.69, 9.17) is 15.0 Å². The zero-order chi connectivity index (χ0) is 13.4. The number of carboxylic acid groups (broad SMARTS) is 2. The summed E-state index contributed by atoms with van der Waals surface area (Å²) in [6.45, 7) is 2.20. The Hall–Kier alpha value is -2.29. The summed E-state index contributed by atoms with van der Waals surface area (Å²) < 4.78 is 0. The van der Waals surface area contributed by atoms with Gasteiger partial charge in [-0.1, -0.05) is 61.5 Å². The van der Waals surface area contributed by atoms with Gasteiger partial charge in [0.1, 0.15) is 0 Å². The van der Waals surface area contributed by atoms with Gasteiger partial charge in [-0.3, -0.25) is 0 Å². The fourth-order valence-corrected chi connectivity index (χ4v) is 1.73. The minimum atomic E-state index is -1.83. The van der Waals surface area contributed by atoms with Crippen LogP contribution < -0.4 is 0 Å². The van der Waals surface area contributed by atoms with Crippen molar-refractivity contribution in [3.63, 3.8) is 0 Å². The van der Waals surface area contributed by atoms with Gasteiger partial charge in [0, 0.05) is 0 Å². The molecule has 0 saturated heterocycles. The summed E-state index contributed by atoms with van der Waals surface area (Å²) in [5.74, 6) is 0. The summed E-state index contributed by atoms with van der Waals surface area (Å²) in [6, 6.07) is 19.1. The van der Waals surface area contributed by atoms with E-state index >= 15 is 0 Å². The Balaban J connectivity index is 0.000000357. The van der Waals surface area contributed by atoms with Crippen LogP contribution in [-0.4, -0.2) is 16.4 Å². The van der Waals surface area contributed by atoms with Crippen LogP contribution in [0.3, 0.4) is 0 Å². The van der Waals surface area contributed by atoms with Crippen LogP contribution in [0.5, 0.6) is 0 Å².